The minimum atomic E-state index is -0.942. The number of rotatable bonds is 7. The lowest BCUT2D eigenvalue weighted by atomic mass is 9.97. The molecule has 1 heterocycles. The first-order chi connectivity index (χ1) is 8.45. The summed E-state index contributed by atoms with van der Waals surface area (Å²) in [5.41, 5.74) is -0.174. The van der Waals surface area contributed by atoms with E-state index in [1.54, 1.807) is 19.3 Å². The Morgan fingerprint density at radius 3 is 2.78 bits per heavy atom. The molecule has 0 saturated heterocycles. The third-order valence-corrected chi connectivity index (χ3v) is 2.66. The predicted octanol–water partition coefficient (Wildman–Crippen LogP) is 2.08. The van der Waals surface area contributed by atoms with E-state index in [0.717, 1.165) is 12.0 Å². The number of hydrogen-bond acceptors (Lipinski definition) is 4. The molecule has 1 atom stereocenters. The molecule has 1 unspecified atom stereocenters. The first-order valence-corrected chi connectivity index (χ1v) is 6.50. The van der Waals surface area contributed by atoms with Gasteiger partial charge in [0, 0.05) is 24.3 Å². The van der Waals surface area contributed by atoms with Crippen molar-refractivity contribution in [2.75, 3.05) is 13.2 Å². The van der Waals surface area contributed by atoms with E-state index in [0.29, 0.717) is 24.9 Å². The van der Waals surface area contributed by atoms with Crippen molar-refractivity contribution in [3.05, 3.63) is 24.0 Å². The molecule has 0 aliphatic carbocycles. The van der Waals surface area contributed by atoms with Gasteiger partial charge in [0.15, 0.2) is 0 Å². The molecule has 0 saturated carbocycles. The summed E-state index contributed by atoms with van der Waals surface area (Å²) < 4.78 is 5.52. The molecule has 102 valence electrons. The van der Waals surface area contributed by atoms with E-state index in [1.807, 2.05) is 6.07 Å². The molecule has 18 heavy (non-hydrogen) atoms. The van der Waals surface area contributed by atoms with Crippen molar-refractivity contribution in [3.63, 3.8) is 0 Å². The molecule has 0 fully saturated rings. The molecule has 1 aromatic heterocycles. The van der Waals surface area contributed by atoms with Gasteiger partial charge in [0.05, 0.1) is 12.8 Å². The van der Waals surface area contributed by atoms with E-state index >= 15 is 0 Å². The fraction of sp³-hybridized carbons (Fsp3) is 0.643. The monoisotopic (exact) mass is 252 g/mol. The summed E-state index contributed by atoms with van der Waals surface area (Å²) in [5.74, 6) is 0.708. The van der Waals surface area contributed by atoms with E-state index in [4.69, 9.17) is 4.74 Å². The van der Waals surface area contributed by atoms with Crippen LogP contribution in [0.15, 0.2) is 18.5 Å². The summed E-state index contributed by atoms with van der Waals surface area (Å²) in [6.07, 6.45) is 4.31. The normalized spacial score (nSPS) is 14.6. The molecular weight excluding hydrogens is 228 g/mol. The van der Waals surface area contributed by atoms with Crippen LogP contribution in [0.25, 0.3) is 0 Å². The fourth-order valence-corrected chi connectivity index (χ4v) is 1.52. The van der Waals surface area contributed by atoms with Crippen molar-refractivity contribution in [3.8, 4) is 5.75 Å². The number of aromatic nitrogens is 1. The molecule has 0 bridgehead atoms. The van der Waals surface area contributed by atoms with Crippen molar-refractivity contribution < 1.29 is 9.84 Å². The van der Waals surface area contributed by atoms with Gasteiger partial charge in [-0.1, -0.05) is 20.8 Å². The first kappa shape index (κ1) is 14.9. The van der Waals surface area contributed by atoms with E-state index in [2.05, 4.69) is 31.1 Å². The standard InChI is InChI=1S/C14H24N2O2/c1-5-6-18-13-7-12(8-15-9-13)14(4,17)10-16-11(2)3/h7-9,11,16-17H,5-6,10H2,1-4H3. The molecule has 0 radical (unpaired) electrons. The van der Waals surface area contributed by atoms with Crippen LogP contribution in [-0.4, -0.2) is 29.3 Å². The third kappa shape index (κ3) is 4.63. The van der Waals surface area contributed by atoms with Gasteiger partial charge in [-0.3, -0.25) is 4.98 Å². The van der Waals surface area contributed by atoms with Crippen LogP contribution in [0.2, 0.25) is 0 Å². The molecule has 0 aliphatic rings. The Balaban J connectivity index is 2.74. The Bertz CT molecular complexity index is 365. The number of pyridine rings is 1. The molecule has 1 aromatic rings. The second-order valence-electron chi connectivity index (χ2n) is 5.07. The number of nitrogens with one attached hydrogen (secondary N) is 1. The predicted molar refractivity (Wildman–Crippen MR) is 72.7 cm³/mol. The van der Waals surface area contributed by atoms with Crippen molar-refractivity contribution in [1.82, 2.24) is 10.3 Å². The number of hydrogen-bond donors (Lipinski definition) is 2. The minimum absolute atomic E-state index is 0.337. The maximum Gasteiger partial charge on any atom is 0.137 e. The lowest BCUT2D eigenvalue weighted by molar-refractivity contribution is 0.0543. The fourth-order valence-electron chi connectivity index (χ4n) is 1.52. The molecule has 0 spiro atoms. The van der Waals surface area contributed by atoms with Gasteiger partial charge in [-0.05, 0) is 19.4 Å². The highest BCUT2D eigenvalue weighted by Gasteiger charge is 2.24. The van der Waals surface area contributed by atoms with Gasteiger partial charge in [-0.2, -0.15) is 0 Å². The van der Waals surface area contributed by atoms with Gasteiger partial charge < -0.3 is 15.2 Å². The van der Waals surface area contributed by atoms with Gasteiger partial charge in [0.2, 0.25) is 0 Å². The topological polar surface area (TPSA) is 54.4 Å². The molecule has 0 aliphatic heterocycles. The van der Waals surface area contributed by atoms with Gasteiger partial charge in [0.1, 0.15) is 11.4 Å². The highest BCUT2D eigenvalue weighted by atomic mass is 16.5. The van der Waals surface area contributed by atoms with E-state index in [-0.39, 0.29) is 0 Å². The summed E-state index contributed by atoms with van der Waals surface area (Å²) in [4.78, 5) is 4.12. The summed E-state index contributed by atoms with van der Waals surface area (Å²) >= 11 is 0. The van der Waals surface area contributed by atoms with Crippen molar-refractivity contribution >= 4 is 0 Å². The van der Waals surface area contributed by atoms with Crippen molar-refractivity contribution in [2.45, 2.75) is 45.8 Å². The van der Waals surface area contributed by atoms with Gasteiger partial charge >= 0.3 is 0 Å². The van der Waals surface area contributed by atoms with Crippen LogP contribution in [0, 0.1) is 0 Å². The Labute approximate surface area is 109 Å². The largest absolute Gasteiger partial charge is 0.492 e. The van der Waals surface area contributed by atoms with Crippen molar-refractivity contribution in [2.24, 2.45) is 0 Å². The highest BCUT2D eigenvalue weighted by molar-refractivity contribution is 5.28. The smallest absolute Gasteiger partial charge is 0.137 e. The first-order valence-electron chi connectivity index (χ1n) is 6.50. The van der Waals surface area contributed by atoms with E-state index < -0.39 is 5.60 Å². The van der Waals surface area contributed by atoms with Crippen LogP contribution >= 0.6 is 0 Å². The molecule has 2 N–H and O–H groups in total. The van der Waals surface area contributed by atoms with Crippen molar-refractivity contribution in [1.29, 1.82) is 0 Å². The molecular formula is C14H24N2O2. The zero-order chi connectivity index (χ0) is 13.6. The second kappa shape index (κ2) is 6.71. The molecule has 4 nitrogen and oxygen atoms in total. The molecule has 1 rings (SSSR count). The van der Waals surface area contributed by atoms with Crippen LogP contribution in [0.5, 0.6) is 5.75 Å². The Hall–Kier alpha value is -1.13. The molecule has 0 amide bonds. The van der Waals surface area contributed by atoms with Crippen LogP contribution in [0.4, 0.5) is 0 Å². The second-order valence-corrected chi connectivity index (χ2v) is 5.07. The van der Waals surface area contributed by atoms with Crippen LogP contribution in [0.1, 0.15) is 39.7 Å². The Morgan fingerprint density at radius 1 is 1.44 bits per heavy atom. The average molecular weight is 252 g/mol. The number of aliphatic hydroxyl groups is 1. The number of nitrogens with zero attached hydrogens (tertiary/aromatic N) is 1. The minimum Gasteiger partial charge on any atom is -0.492 e. The van der Waals surface area contributed by atoms with Gasteiger partial charge in [0.25, 0.3) is 0 Å². The zero-order valence-corrected chi connectivity index (χ0v) is 11.7. The molecule has 4 heteroatoms. The SMILES string of the molecule is CCCOc1cncc(C(C)(O)CNC(C)C)c1. The van der Waals surface area contributed by atoms with Crippen LogP contribution < -0.4 is 10.1 Å². The summed E-state index contributed by atoms with van der Waals surface area (Å²) in [5, 5.41) is 13.7. The van der Waals surface area contributed by atoms with E-state index in [9.17, 15) is 5.11 Å². The van der Waals surface area contributed by atoms with Gasteiger partial charge in [-0.15, -0.1) is 0 Å². The van der Waals surface area contributed by atoms with Crippen LogP contribution in [-0.2, 0) is 5.60 Å². The Morgan fingerprint density at radius 2 is 2.17 bits per heavy atom. The summed E-state index contributed by atoms with van der Waals surface area (Å²) in [6.45, 7) is 9.09. The maximum atomic E-state index is 10.4. The maximum absolute atomic E-state index is 10.4. The van der Waals surface area contributed by atoms with Crippen LogP contribution in [0.3, 0.4) is 0 Å². The lowest BCUT2D eigenvalue weighted by Crippen LogP contribution is -2.38. The third-order valence-electron chi connectivity index (χ3n) is 2.66. The lowest BCUT2D eigenvalue weighted by Gasteiger charge is -2.25. The summed E-state index contributed by atoms with van der Waals surface area (Å²) in [7, 11) is 0. The average Bonchev–Trinajstić information content (AvgIpc) is 2.34. The molecule has 0 aromatic carbocycles. The van der Waals surface area contributed by atoms with E-state index in [1.165, 1.54) is 0 Å². The van der Waals surface area contributed by atoms with Gasteiger partial charge in [-0.25, -0.2) is 0 Å². The number of ether oxygens (including phenoxy) is 1. The zero-order valence-electron chi connectivity index (χ0n) is 11.7. The highest BCUT2D eigenvalue weighted by Crippen LogP contribution is 2.23. The summed E-state index contributed by atoms with van der Waals surface area (Å²) in [6, 6.07) is 2.19. The Kier molecular flexibility index (Phi) is 5.56. The quantitative estimate of drug-likeness (QED) is 0.780.